The van der Waals surface area contributed by atoms with Gasteiger partial charge in [0.05, 0.1) is 0 Å². The van der Waals surface area contributed by atoms with E-state index in [4.69, 9.17) is 0 Å². The number of nitrogens with one attached hydrogen (secondary N) is 2. The Morgan fingerprint density at radius 2 is 1.78 bits per heavy atom. The van der Waals surface area contributed by atoms with Crippen molar-refractivity contribution in [2.24, 2.45) is 0 Å². The molecular formula is C13H17N3O2. The third kappa shape index (κ3) is 3.07. The first-order valence-corrected chi connectivity index (χ1v) is 6.04. The average Bonchev–Trinajstić information content (AvgIpc) is 2.40. The summed E-state index contributed by atoms with van der Waals surface area (Å²) in [7, 11) is 0. The highest BCUT2D eigenvalue weighted by Crippen LogP contribution is 2.03. The Morgan fingerprint density at radius 1 is 1.17 bits per heavy atom. The van der Waals surface area contributed by atoms with E-state index in [1.165, 1.54) is 0 Å². The largest absolute Gasteiger partial charge is 0.324 e. The van der Waals surface area contributed by atoms with Crippen LogP contribution in [0.15, 0.2) is 24.3 Å². The molecule has 1 saturated heterocycles. The van der Waals surface area contributed by atoms with E-state index in [0.717, 1.165) is 18.7 Å². The first-order valence-electron chi connectivity index (χ1n) is 6.04. The quantitative estimate of drug-likeness (QED) is 0.770. The molecule has 1 aromatic rings. The van der Waals surface area contributed by atoms with Gasteiger partial charge in [-0.3, -0.25) is 10.1 Å². The maximum Gasteiger partial charge on any atom is 0.324 e. The lowest BCUT2D eigenvalue weighted by Gasteiger charge is -2.27. The lowest BCUT2D eigenvalue weighted by atomic mass is 10.1. The molecule has 1 heterocycles. The highest BCUT2D eigenvalue weighted by atomic mass is 16.2. The van der Waals surface area contributed by atoms with Crippen LogP contribution in [0.3, 0.4) is 0 Å². The molecule has 0 atom stereocenters. The first-order chi connectivity index (χ1) is 8.66. The summed E-state index contributed by atoms with van der Waals surface area (Å²) in [4.78, 5) is 25.3. The van der Waals surface area contributed by atoms with Crippen LogP contribution in [0.4, 0.5) is 4.79 Å². The third-order valence-electron chi connectivity index (χ3n) is 2.94. The molecule has 0 spiro atoms. The van der Waals surface area contributed by atoms with Crippen molar-refractivity contribution in [2.45, 2.75) is 6.92 Å². The van der Waals surface area contributed by atoms with E-state index in [1.54, 1.807) is 17.0 Å². The van der Waals surface area contributed by atoms with Crippen LogP contribution < -0.4 is 10.6 Å². The molecule has 5 heteroatoms. The van der Waals surface area contributed by atoms with Crippen LogP contribution in [-0.2, 0) is 0 Å². The number of rotatable bonds is 1. The number of amides is 3. The standard InChI is InChI=1S/C13H17N3O2/c1-10-2-4-11(5-3-10)12(17)15-13(18)16-8-6-14-7-9-16/h2-5,14H,6-9H2,1H3,(H,15,17,18). The van der Waals surface area contributed by atoms with Crippen molar-refractivity contribution in [2.75, 3.05) is 26.2 Å². The van der Waals surface area contributed by atoms with Crippen LogP contribution in [0.2, 0.25) is 0 Å². The molecule has 1 fully saturated rings. The minimum atomic E-state index is -0.349. The van der Waals surface area contributed by atoms with Gasteiger partial charge in [-0.2, -0.15) is 0 Å². The number of piperazine rings is 1. The van der Waals surface area contributed by atoms with E-state index in [2.05, 4.69) is 10.6 Å². The van der Waals surface area contributed by atoms with Gasteiger partial charge in [-0.25, -0.2) is 4.79 Å². The second kappa shape index (κ2) is 5.64. The molecule has 0 unspecified atom stereocenters. The fourth-order valence-electron chi connectivity index (χ4n) is 1.82. The summed E-state index contributed by atoms with van der Waals surface area (Å²) >= 11 is 0. The van der Waals surface area contributed by atoms with E-state index in [0.29, 0.717) is 18.7 Å². The van der Waals surface area contributed by atoms with Gasteiger partial charge in [0.25, 0.3) is 5.91 Å². The second-order valence-corrected chi connectivity index (χ2v) is 4.36. The fourth-order valence-corrected chi connectivity index (χ4v) is 1.82. The van der Waals surface area contributed by atoms with Gasteiger partial charge in [0.15, 0.2) is 0 Å². The summed E-state index contributed by atoms with van der Waals surface area (Å²) < 4.78 is 0. The lowest BCUT2D eigenvalue weighted by molar-refractivity contribution is 0.0950. The SMILES string of the molecule is Cc1ccc(C(=O)NC(=O)N2CCNCC2)cc1. The molecule has 2 N–H and O–H groups in total. The summed E-state index contributed by atoms with van der Waals surface area (Å²) in [6.07, 6.45) is 0. The molecule has 96 valence electrons. The van der Waals surface area contributed by atoms with Crippen molar-refractivity contribution in [3.63, 3.8) is 0 Å². The fraction of sp³-hybridized carbons (Fsp3) is 0.385. The smallest absolute Gasteiger partial charge is 0.322 e. The van der Waals surface area contributed by atoms with Gasteiger partial charge in [0.1, 0.15) is 0 Å². The predicted molar refractivity (Wildman–Crippen MR) is 68.5 cm³/mol. The monoisotopic (exact) mass is 247 g/mol. The zero-order chi connectivity index (χ0) is 13.0. The Balaban J connectivity index is 1.94. The van der Waals surface area contributed by atoms with Crippen LogP contribution >= 0.6 is 0 Å². The minimum absolute atomic E-state index is 0.318. The molecule has 18 heavy (non-hydrogen) atoms. The van der Waals surface area contributed by atoms with Crippen molar-refractivity contribution in [1.82, 2.24) is 15.5 Å². The van der Waals surface area contributed by atoms with Crippen LogP contribution in [0.25, 0.3) is 0 Å². The van der Waals surface area contributed by atoms with Gasteiger partial charge in [-0.1, -0.05) is 17.7 Å². The summed E-state index contributed by atoms with van der Waals surface area (Å²) in [5.41, 5.74) is 1.59. The molecule has 2 rings (SSSR count). The number of imide groups is 1. The van der Waals surface area contributed by atoms with Crippen LogP contribution in [0, 0.1) is 6.92 Å². The van der Waals surface area contributed by atoms with Crippen molar-refractivity contribution < 1.29 is 9.59 Å². The zero-order valence-electron chi connectivity index (χ0n) is 10.4. The number of hydrogen-bond acceptors (Lipinski definition) is 3. The highest BCUT2D eigenvalue weighted by molar-refractivity contribution is 6.04. The average molecular weight is 247 g/mol. The van der Waals surface area contributed by atoms with E-state index in [1.807, 2.05) is 19.1 Å². The third-order valence-corrected chi connectivity index (χ3v) is 2.94. The van der Waals surface area contributed by atoms with Crippen LogP contribution in [-0.4, -0.2) is 43.0 Å². The van der Waals surface area contributed by atoms with Crippen LogP contribution in [0.5, 0.6) is 0 Å². The Bertz CT molecular complexity index is 436. The molecule has 0 bridgehead atoms. The van der Waals surface area contributed by atoms with Gasteiger partial charge >= 0.3 is 6.03 Å². The Kier molecular flexibility index (Phi) is 3.94. The minimum Gasteiger partial charge on any atom is -0.322 e. The van der Waals surface area contributed by atoms with E-state index in [9.17, 15) is 9.59 Å². The zero-order valence-corrected chi connectivity index (χ0v) is 10.4. The Hall–Kier alpha value is -1.88. The normalized spacial score (nSPS) is 15.3. The van der Waals surface area contributed by atoms with Gasteiger partial charge in [0, 0.05) is 31.7 Å². The molecule has 1 aliphatic heterocycles. The van der Waals surface area contributed by atoms with E-state index in [-0.39, 0.29) is 11.9 Å². The Labute approximate surface area is 106 Å². The van der Waals surface area contributed by atoms with Crippen LogP contribution in [0.1, 0.15) is 15.9 Å². The first kappa shape index (κ1) is 12.6. The molecule has 0 saturated carbocycles. The topological polar surface area (TPSA) is 61.4 Å². The van der Waals surface area contributed by atoms with E-state index < -0.39 is 0 Å². The summed E-state index contributed by atoms with van der Waals surface area (Å²) in [6.45, 7) is 4.76. The molecular weight excluding hydrogens is 230 g/mol. The second-order valence-electron chi connectivity index (χ2n) is 4.36. The predicted octanol–water partition coefficient (Wildman–Crippen LogP) is 0.750. The van der Waals surface area contributed by atoms with Crippen molar-refractivity contribution in [3.05, 3.63) is 35.4 Å². The number of urea groups is 1. The Morgan fingerprint density at radius 3 is 2.39 bits per heavy atom. The molecule has 1 aromatic carbocycles. The van der Waals surface area contributed by atoms with Gasteiger partial charge < -0.3 is 10.2 Å². The molecule has 3 amide bonds. The number of aryl methyl sites for hydroxylation is 1. The summed E-state index contributed by atoms with van der Waals surface area (Å²) in [5.74, 6) is -0.349. The number of hydrogen-bond donors (Lipinski definition) is 2. The van der Waals surface area contributed by atoms with Gasteiger partial charge in [-0.15, -0.1) is 0 Å². The summed E-state index contributed by atoms with van der Waals surface area (Å²) in [6, 6.07) is 6.82. The maximum absolute atomic E-state index is 11.8. The van der Waals surface area contributed by atoms with Crippen molar-refractivity contribution in [3.8, 4) is 0 Å². The number of benzene rings is 1. The van der Waals surface area contributed by atoms with Gasteiger partial charge in [0.2, 0.25) is 0 Å². The van der Waals surface area contributed by atoms with E-state index >= 15 is 0 Å². The highest BCUT2D eigenvalue weighted by Gasteiger charge is 2.18. The summed E-state index contributed by atoms with van der Waals surface area (Å²) in [5, 5.41) is 5.56. The molecule has 0 aliphatic carbocycles. The number of carbonyl (C=O) groups excluding carboxylic acids is 2. The molecule has 0 radical (unpaired) electrons. The molecule has 1 aliphatic rings. The molecule has 5 nitrogen and oxygen atoms in total. The van der Waals surface area contributed by atoms with Crippen molar-refractivity contribution in [1.29, 1.82) is 0 Å². The number of nitrogens with zero attached hydrogens (tertiary/aromatic N) is 1. The number of carbonyl (C=O) groups is 2. The van der Waals surface area contributed by atoms with Crippen molar-refractivity contribution >= 4 is 11.9 Å². The maximum atomic E-state index is 11.8. The van der Waals surface area contributed by atoms with Gasteiger partial charge in [-0.05, 0) is 19.1 Å². The molecule has 0 aromatic heterocycles. The lowest BCUT2D eigenvalue weighted by Crippen LogP contribution is -2.51.